The van der Waals surface area contributed by atoms with Gasteiger partial charge in [-0.1, -0.05) is 26.3 Å². The molecule has 0 bridgehead atoms. The fraction of sp³-hybridized carbons (Fsp3) is 0.562. The van der Waals surface area contributed by atoms with Crippen LogP contribution in [0.2, 0.25) is 0 Å². The van der Waals surface area contributed by atoms with Gasteiger partial charge in [0.15, 0.2) is 0 Å². The van der Waals surface area contributed by atoms with Gasteiger partial charge in [-0.25, -0.2) is 9.78 Å². The molecular weight excluding hydrogens is 268 g/mol. The molecule has 5 nitrogen and oxygen atoms in total. The van der Waals surface area contributed by atoms with E-state index >= 15 is 0 Å². The summed E-state index contributed by atoms with van der Waals surface area (Å²) in [5.74, 6) is -0.626. The second kappa shape index (κ2) is 9.10. The lowest BCUT2D eigenvalue weighted by atomic mass is 10.2. The lowest BCUT2D eigenvalue weighted by molar-refractivity contribution is 0.0519. The molecule has 0 N–H and O–H groups in total. The number of carbonyl (C=O) groups is 2. The minimum atomic E-state index is -0.497. The predicted molar refractivity (Wildman–Crippen MR) is 81.3 cm³/mol. The SMILES string of the molecule is CCCCN(CCC)C(=O)c1cccc(C(=O)OCC)n1. The Morgan fingerprint density at radius 1 is 1.10 bits per heavy atom. The maximum Gasteiger partial charge on any atom is 0.356 e. The molecule has 0 fully saturated rings. The van der Waals surface area contributed by atoms with Crippen LogP contribution in [0.1, 0.15) is 61.0 Å². The molecule has 1 amide bonds. The summed E-state index contributed by atoms with van der Waals surface area (Å²) in [6, 6.07) is 4.86. The average molecular weight is 292 g/mol. The van der Waals surface area contributed by atoms with E-state index in [-0.39, 0.29) is 18.2 Å². The number of hydrogen-bond acceptors (Lipinski definition) is 4. The number of carbonyl (C=O) groups excluding carboxylic acids is 2. The van der Waals surface area contributed by atoms with Crippen molar-refractivity contribution in [3.8, 4) is 0 Å². The highest BCUT2D eigenvalue weighted by Crippen LogP contribution is 2.07. The van der Waals surface area contributed by atoms with Gasteiger partial charge in [-0.3, -0.25) is 4.79 Å². The molecule has 1 aromatic heterocycles. The molecule has 21 heavy (non-hydrogen) atoms. The van der Waals surface area contributed by atoms with Crippen LogP contribution in [0, 0.1) is 0 Å². The summed E-state index contributed by atoms with van der Waals surface area (Å²) in [6.45, 7) is 7.57. The van der Waals surface area contributed by atoms with E-state index in [1.165, 1.54) is 0 Å². The van der Waals surface area contributed by atoms with Crippen molar-refractivity contribution in [1.82, 2.24) is 9.88 Å². The molecule has 1 rings (SSSR count). The zero-order valence-electron chi connectivity index (χ0n) is 13.1. The van der Waals surface area contributed by atoms with Crippen molar-refractivity contribution in [3.63, 3.8) is 0 Å². The molecule has 1 heterocycles. The number of rotatable bonds is 8. The molecule has 0 aliphatic rings. The van der Waals surface area contributed by atoms with E-state index in [0.29, 0.717) is 18.8 Å². The third-order valence-electron chi connectivity index (χ3n) is 3.02. The Balaban J connectivity index is 2.88. The van der Waals surface area contributed by atoms with Gasteiger partial charge in [-0.2, -0.15) is 0 Å². The van der Waals surface area contributed by atoms with Gasteiger partial charge in [0.2, 0.25) is 0 Å². The molecule has 116 valence electrons. The normalized spacial score (nSPS) is 10.2. The Kier molecular flexibility index (Phi) is 7.43. The number of aromatic nitrogens is 1. The lowest BCUT2D eigenvalue weighted by Gasteiger charge is -2.21. The molecule has 0 aliphatic heterocycles. The number of nitrogens with zero attached hydrogens (tertiary/aromatic N) is 2. The van der Waals surface area contributed by atoms with Crippen LogP contribution >= 0.6 is 0 Å². The minimum absolute atomic E-state index is 0.128. The van der Waals surface area contributed by atoms with Crippen LogP contribution in [0.25, 0.3) is 0 Å². The molecule has 0 aromatic carbocycles. The molecule has 0 unspecified atom stereocenters. The predicted octanol–water partition coefficient (Wildman–Crippen LogP) is 2.91. The first kappa shape index (κ1) is 17.1. The number of pyridine rings is 1. The first-order valence-electron chi connectivity index (χ1n) is 7.57. The molecular formula is C16H24N2O3. The van der Waals surface area contributed by atoms with E-state index in [1.807, 2.05) is 6.92 Å². The summed E-state index contributed by atoms with van der Waals surface area (Å²) < 4.78 is 4.91. The topological polar surface area (TPSA) is 59.5 Å². The second-order valence-electron chi connectivity index (χ2n) is 4.77. The van der Waals surface area contributed by atoms with Gasteiger partial charge in [-0.15, -0.1) is 0 Å². The highest BCUT2D eigenvalue weighted by atomic mass is 16.5. The average Bonchev–Trinajstić information content (AvgIpc) is 2.51. The van der Waals surface area contributed by atoms with Crippen molar-refractivity contribution in [2.24, 2.45) is 0 Å². The zero-order chi connectivity index (χ0) is 15.7. The fourth-order valence-electron chi connectivity index (χ4n) is 1.97. The second-order valence-corrected chi connectivity index (χ2v) is 4.77. The number of unbranched alkanes of at least 4 members (excludes halogenated alkanes) is 1. The zero-order valence-corrected chi connectivity index (χ0v) is 13.1. The Hall–Kier alpha value is -1.91. The van der Waals surface area contributed by atoms with Gasteiger partial charge in [0, 0.05) is 13.1 Å². The van der Waals surface area contributed by atoms with Crippen LogP contribution < -0.4 is 0 Å². The summed E-state index contributed by atoms with van der Waals surface area (Å²) in [7, 11) is 0. The molecule has 0 saturated carbocycles. The summed E-state index contributed by atoms with van der Waals surface area (Å²) in [6.07, 6.45) is 2.89. The standard InChI is InChI=1S/C16H24N2O3/c1-4-7-12-18(11-5-2)15(19)13-9-8-10-14(17-13)16(20)21-6-3/h8-10H,4-7,11-12H2,1-3H3. The Morgan fingerprint density at radius 3 is 2.43 bits per heavy atom. The van der Waals surface area contributed by atoms with E-state index in [9.17, 15) is 9.59 Å². The highest BCUT2D eigenvalue weighted by Gasteiger charge is 2.18. The Labute approximate surface area is 126 Å². The molecule has 5 heteroatoms. The van der Waals surface area contributed by atoms with Crippen LogP contribution in [0.3, 0.4) is 0 Å². The maximum absolute atomic E-state index is 12.5. The van der Waals surface area contributed by atoms with E-state index < -0.39 is 5.97 Å². The number of hydrogen-bond donors (Lipinski definition) is 0. The first-order chi connectivity index (χ1) is 10.1. The smallest absolute Gasteiger partial charge is 0.356 e. The van der Waals surface area contributed by atoms with Gasteiger partial charge in [-0.05, 0) is 31.9 Å². The van der Waals surface area contributed by atoms with Crippen molar-refractivity contribution in [2.45, 2.75) is 40.0 Å². The Morgan fingerprint density at radius 2 is 1.81 bits per heavy atom. The van der Waals surface area contributed by atoms with Crippen molar-refractivity contribution in [1.29, 1.82) is 0 Å². The van der Waals surface area contributed by atoms with Crippen molar-refractivity contribution < 1.29 is 14.3 Å². The molecule has 0 atom stereocenters. The van der Waals surface area contributed by atoms with Crippen LogP contribution in [-0.2, 0) is 4.74 Å². The third kappa shape index (κ3) is 5.17. The van der Waals surface area contributed by atoms with Crippen LogP contribution in [0.5, 0.6) is 0 Å². The molecule has 0 aliphatic carbocycles. The van der Waals surface area contributed by atoms with Gasteiger partial charge < -0.3 is 9.64 Å². The van der Waals surface area contributed by atoms with Crippen molar-refractivity contribution in [3.05, 3.63) is 29.6 Å². The summed E-state index contributed by atoms with van der Waals surface area (Å²) in [4.78, 5) is 30.1. The number of esters is 1. The van der Waals surface area contributed by atoms with Crippen LogP contribution in [0.15, 0.2) is 18.2 Å². The summed E-state index contributed by atoms with van der Waals surface area (Å²) in [5.41, 5.74) is 0.472. The highest BCUT2D eigenvalue weighted by molar-refractivity contribution is 5.94. The minimum Gasteiger partial charge on any atom is -0.461 e. The van der Waals surface area contributed by atoms with E-state index in [1.54, 1.807) is 30.0 Å². The largest absolute Gasteiger partial charge is 0.461 e. The van der Waals surface area contributed by atoms with E-state index in [0.717, 1.165) is 19.3 Å². The molecule has 1 aromatic rings. The van der Waals surface area contributed by atoms with Crippen molar-refractivity contribution in [2.75, 3.05) is 19.7 Å². The van der Waals surface area contributed by atoms with Crippen LogP contribution in [-0.4, -0.2) is 41.5 Å². The molecule has 0 spiro atoms. The Bertz CT molecular complexity index is 474. The summed E-state index contributed by atoms with van der Waals surface area (Å²) in [5, 5.41) is 0. The summed E-state index contributed by atoms with van der Waals surface area (Å²) >= 11 is 0. The number of ether oxygens (including phenoxy) is 1. The maximum atomic E-state index is 12.5. The van der Waals surface area contributed by atoms with Gasteiger partial charge in [0.05, 0.1) is 6.61 Å². The van der Waals surface area contributed by atoms with Gasteiger partial charge in [0.1, 0.15) is 11.4 Å². The van der Waals surface area contributed by atoms with Gasteiger partial charge >= 0.3 is 5.97 Å². The van der Waals surface area contributed by atoms with Crippen molar-refractivity contribution >= 4 is 11.9 Å². The third-order valence-corrected chi connectivity index (χ3v) is 3.02. The molecule has 0 saturated heterocycles. The quantitative estimate of drug-likeness (QED) is 0.691. The lowest BCUT2D eigenvalue weighted by Crippen LogP contribution is -2.33. The van der Waals surface area contributed by atoms with E-state index in [2.05, 4.69) is 11.9 Å². The van der Waals surface area contributed by atoms with E-state index in [4.69, 9.17) is 4.74 Å². The van der Waals surface area contributed by atoms with Crippen LogP contribution in [0.4, 0.5) is 0 Å². The number of amides is 1. The molecule has 0 radical (unpaired) electrons. The monoisotopic (exact) mass is 292 g/mol. The van der Waals surface area contributed by atoms with Gasteiger partial charge in [0.25, 0.3) is 5.91 Å². The fourth-order valence-corrected chi connectivity index (χ4v) is 1.97. The first-order valence-corrected chi connectivity index (χ1v) is 7.57.